The zero-order chi connectivity index (χ0) is 31.3. The molecule has 1 aliphatic heterocycles. The first-order valence-electron chi connectivity index (χ1n) is 14.4. The molecule has 42 heavy (non-hydrogen) atoms. The molecular formula is C30H45N2O9P. The fourth-order valence-electron chi connectivity index (χ4n) is 5.10. The molecule has 2 aromatic rings. The van der Waals surface area contributed by atoms with Gasteiger partial charge in [0.2, 0.25) is 5.54 Å². The number of imide groups is 1. The number of carboxylic acids is 1. The average Bonchev–Trinajstić information content (AvgIpc) is 3.31. The molecule has 2 heterocycles. The van der Waals surface area contributed by atoms with E-state index >= 15 is 0 Å². The zero-order valence-corrected chi connectivity index (χ0v) is 26.7. The Balaban J connectivity index is 1.77. The van der Waals surface area contributed by atoms with E-state index in [9.17, 15) is 24.7 Å². The molecule has 3 atom stereocenters. The summed E-state index contributed by atoms with van der Waals surface area (Å²) in [5, 5.41) is 25.5. The predicted octanol–water partition coefficient (Wildman–Crippen LogP) is 6.86. The van der Waals surface area contributed by atoms with Crippen molar-refractivity contribution in [2.75, 3.05) is 32.0 Å². The Hall–Kier alpha value is -2.72. The number of hydrogen-bond acceptors (Lipinski definition) is 8. The fourth-order valence-corrected chi connectivity index (χ4v) is 8.03. The molecule has 1 aromatic carbocycles. The van der Waals surface area contributed by atoms with Gasteiger partial charge in [-0.25, -0.2) is 24.1 Å². The Morgan fingerprint density at radius 1 is 1.07 bits per heavy atom. The molecule has 3 rings (SSSR count). The minimum Gasteiger partial charge on any atom is -0.597 e. The molecule has 11 nitrogen and oxygen atoms in total. The third kappa shape index (κ3) is 8.43. The van der Waals surface area contributed by atoms with Crippen LogP contribution in [0.25, 0.3) is 11.0 Å². The summed E-state index contributed by atoms with van der Waals surface area (Å²) in [6, 6.07) is 7.82. The number of unbranched alkanes of at least 4 members (excludes halogenated alkanes) is 1. The molecule has 234 valence electrons. The van der Waals surface area contributed by atoms with E-state index in [0.29, 0.717) is 12.3 Å². The van der Waals surface area contributed by atoms with Crippen molar-refractivity contribution >= 4 is 37.0 Å². The lowest BCUT2D eigenvalue weighted by Gasteiger charge is -2.55. The summed E-state index contributed by atoms with van der Waals surface area (Å²) in [5.41, 5.74) is -1.51. The number of carboxylic acid groups (broad SMARTS) is 1. The Morgan fingerprint density at radius 3 is 2.29 bits per heavy atom. The number of amides is 2. The van der Waals surface area contributed by atoms with Gasteiger partial charge >= 0.3 is 18.2 Å². The van der Waals surface area contributed by atoms with Gasteiger partial charge in [0.1, 0.15) is 29.9 Å². The topological polar surface area (TPSA) is 139 Å². The van der Waals surface area contributed by atoms with Crippen molar-refractivity contribution in [3.05, 3.63) is 41.3 Å². The minimum atomic E-state index is -1.71. The molecule has 0 saturated carbocycles. The van der Waals surface area contributed by atoms with Crippen LogP contribution >= 0.6 is 7.92 Å². The van der Waals surface area contributed by atoms with E-state index in [4.69, 9.17) is 18.7 Å². The number of hydrogen-bond donors (Lipinski definition) is 1. The fraction of sp³-hybridized carbons (Fsp3) is 0.633. The summed E-state index contributed by atoms with van der Waals surface area (Å²) in [6.45, 7) is 11.9. The highest BCUT2D eigenvalue weighted by Crippen LogP contribution is 2.52. The lowest BCUT2D eigenvalue weighted by atomic mass is 9.93. The van der Waals surface area contributed by atoms with Gasteiger partial charge < -0.3 is 24.2 Å². The van der Waals surface area contributed by atoms with Gasteiger partial charge in [-0.3, -0.25) is 0 Å². The van der Waals surface area contributed by atoms with Crippen molar-refractivity contribution in [3.63, 3.8) is 0 Å². The van der Waals surface area contributed by atoms with E-state index in [2.05, 4.69) is 0 Å². The number of quaternary nitrogens is 1. The maximum absolute atomic E-state index is 14.0. The monoisotopic (exact) mass is 608 g/mol. The van der Waals surface area contributed by atoms with Crippen molar-refractivity contribution in [3.8, 4) is 0 Å². The number of fused-ring (bicyclic) bond motifs is 1. The smallest absolute Gasteiger partial charge is 0.419 e. The lowest BCUT2D eigenvalue weighted by Crippen LogP contribution is -2.69. The second kappa shape index (κ2) is 13.3. The molecular weight excluding hydrogens is 563 g/mol. The molecule has 1 N–H and O–H groups in total. The van der Waals surface area contributed by atoms with Crippen molar-refractivity contribution in [1.29, 1.82) is 0 Å². The number of hydroxylamine groups is 4. The zero-order valence-electron chi connectivity index (χ0n) is 25.8. The summed E-state index contributed by atoms with van der Waals surface area (Å²) in [6.07, 6.45) is 1.98. The van der Waals surface area contributed by atoms with E-state index < -0.39 is 47.6 Å². The van der Waals surface area contributed by atoms with Gasteiger partial charge in [-0.1, -0.05) is 14.0 Å². The molecule has 1 aliphatic rings. The number of aliphatic carboxylic acids is 1. The molecule has 2 amide bonds. The Morgan fingerprint density at radius 2 is 1.71 bits per heavy atom. The van der Waals surface area contributed by atoms with Crippen LogP contribution in [0.4, 0.5) is 9.59 Å². The lowest BCUT2D eigenvalue weighted by molar-refractivity contribution is -1.10. The Kier molecular flexibility index (Phi) is 10.7. The van der Waals surface area contributed by atoms with Gasteiger partial charge in [-0.15, -0.1) is 0 Å². The van der Waals surface area contributed by atoms with Gasteiger partial charge in [0, 0.05) is 30.7 Å². The van der Waals surface area contributed by atoms with Crippen LogP contribution in [0.1, 0.15) is 73.3 Å². The van der Waals surface area contributed by atoms with Crippen LogP contribution in [-0.4, -0.2) is 81.7 Å². The van der Waals surface area contributed by atoms with Crippen molar-refractivity contribution in [2.24, 2.45) is 0 Å². The molecule has 1 fully saturated rings. The second-order valence-electron chi connectivity index (χ2n) is 12.7. The van der Waals surface area contributed by atoms with Crippen LogP contribution in [0.3, 0.4) is 0 Å². The SMILES string of the molecule is CCO[N+]1([O-])CCP(Cc2ccc3occc3c2)CC1(CCCCN(C(=O)OC(C)(C)C)C(=O)OC(C)(C)C)C(=O)O. The highest BCUT2D eigenvalue weighted by atomic mass is 31.1. The first-order chi connectivity index (χ1) is 19.5. The maximum Gasteiger partial charge on any atom is 0.419 e. The summed E-state index contributed by atoms with van der Waals surface area (Å²) in [7, 11) is -0.829. The van der Waals surface area contributed by atoms with Crippen LogP contribution in [0.2, 0.25) is 0 Å². The van der Waals surface area contributed by atoms with Gasteiger partial charge in [-0.2, -0.15) is 4.81 Å². The molecule has 3 unspecified atom stereocenters. The predicted molar refractivity (Wildman–Crippen MR) is 160 cm³/mol. The van der Waals surface area contributed by atoms with Crippen LogP contribution in [-0.2, 0) is 25.3 Å². The first kappa shape index (κ1) is 33.8. The normalized spacial score (nSPS) is 23.0. The number of nitrogens with zero attached hydrogens (tertiary/aromatic N) is 2. The standard InChI is InChI=1S/C30H45N2O9P/c1-8-39-32(37)16-18-42(20-22-11-12-24-23(19-22)13-17-38-24)21-30(32,25(33)34)14-9-10-15-31(26(35)40-28(2,3)4)27(36)41-29(5,6)7/h11-13,17,19H,8-10,14-16,18,20-21H2,1-7H3,(H,33,34). The molecule has 0 bridgehead atoms. The van der Waals surface area contributed by atoms with E-state index in [1.807, 2.05) is 24.3 Å². The van der Waals surface area contributed by atoms with E-state index in [1.165, 1.54) is 0 Å². The molecule has 12 heteroatoms. The number of furan rings is 1. The highest BCUT2D eigenvalue weighted by molar-refractivity contribution is 7.57. The summed E-state index contributed by atoms with van der Waals surface area (Å²) in [5.74, 6) is -1.19. The summed E-state index contributed by atoms with van der Waals surface area (Å²) in [4.78, 5) is 43.9. The Bertz CT molecular complexity index is 1220. The second-order valence-corrected chi connectivity index (χ2v) is 15.1. The van der Waals surface area contributed by atoms with Crippen LogP contribution in [0.5, 0.6) is 0 Å². The number of carbonyl (C=O) groups is 3. The third-order valence-corrected chi connectivity index (χ3v) is 9.57. The van der Waals surface area contributed by atoms with E-state index in [0.717, 1.165) is 21.4 Å². The van der Waals surface area contributed by atoms with E-state index in [-0.39, 0.29) is 45.1 Å². The van der Waals surface area contributed by atoms with Crippen molar-refractivity contribution < 1.29 is 43.0 Å². The number of benzene rings is 1. The first-order valence-corrected chi connectivity index (χ1v) is 16.3. The third-order valence-electron chi connectivity index (χ3n) is 6.96. The van der Waals surface area contributed by atoms with Gasteiger partial charge in [0.15, 0.2) is 0 Å². The number of ether oxygens (including phenoxy) is 2. The number of rotatable bonds is 10. The molecule has 1 aromatic heterocycles. The largest absolute Gasteiger partial charge is 0.597 e. The maximum atomic E-state index is 14.0. The number of carbonyl (C=O) groups excluding carboxylic acids is 2. The van der Waals surface area contributed by atoms with Crippen LogP contribution in [0, 0.1) is 5.21 Å². The van der Waals surface area contributed by atoms with E-state index in [1.54, 1.807) is 54.7 Å². The molecule has 0 aliphatic carbocycles. The van der Waals surface area contributed by atoms with Gasteiger partial charge in [-0.05, 0) is 91.2 Å². The molecule has 1 saturated heterocycles. The quantitative estimate of drug-likeness (QED) is 0.133. The highest BCUT2D eigenvalue weighted by Gasteiger charge is 2.58. The summed E-state index contributed by atoms with van der Waals surface area (Å²) >= 11 is 0. The average molecular weight is 609 g/mol. The van der Waals surface area contributed by atoms with Gasteiger partial charge in [0.05, 0.1) is 6.26 Å². The molecule has 0 spiro atoms. The molecule has 0 radical (unpaired) electrons. The van der Waals surface area contributed by atoms with Gasteiger partial charge in [0.25, 0.3) is 0 Å². The summed E-state index contributed by atoms with van der Waals surface area (Å²) < 4.78 is 16.3. The van der Waals surface area contributed by atoms with Crippen LogP contribution in [0.15, 0.2) is 34.9 Å². The van der Waals surface area contributed by atoms with Crippen molar-refractivity contribution in [1.82, 2.24) is 4.90 Å². The van der Waals surface area contributed by atoms with Crippen LogP contribution < -0.4 is 0 Å². The Labute approximate surface area is 248 Å². The van der Waals surface area contributed by atoms with Crippen molar-refractivity contribution in [2.45, 2.75) is 90.6 Å². The minimum absolute atomic E-state index is 0.0297.